The van der Waals surface area contributed by atoms with Crippen LogP contribution in [0.4, 0.5) is 5.69 Å². The Labute approximate surface area is 163 Å². The molecule has 0 bridgehead atoms. The molecule has 0 radical (unpaired) electrons. The molecule has 0 aliphatic heterocycles. The van der Waals surface area contributed by atoms with E-state index in [1.54, 1.807) is 42.5 Å². The number of amides is 1. The number of rotatable bonds is 6. The molecule has 136 valence electrons. The Balaban J connectivity index is 1.74. The number of carbonyl (C=O) groups is 1. The first-order valence-corrected chi connectivity index (χ1v) is 8.81. The summed E-state index contributed by atoms with van der Waals surface area (Å²) in [7, 11) is 0. The molecule has 0 spiro atoms. The molecule has 0 aliphatic rings. The molecule has 3 rings (SSSR count). The lowest BCUT2D eigenvalue weighted by molar-refractivity contribution is -0.387. The number of benzene rings is 2. The van der Waals surface area contributed by atoms with E-state index < -0.39 is 10.8 Å². The Morgan fingerprint density at radius 1 is 1.22 bits per heavy atom. The van der Waals surface area contributed by atoms with Gasteiger partial charge < -0.3 is 4.42 Å². The topological polar surface area (TPSA) is 97.7 Å². The molecule has 1 N–H and O–H groups in total. The zero-order chi connectivity index (χ0) is 19.2. The van der Waals surface area contributed by atoms with E-state index >= 15 is 0 Å². The fraction of sp³-hybridized carbons (Fsp3) is 0. The van der Waals surface area contributed by atoms with Crippen molar-refractivity contribution in [3.63, 3.8) is 0 Å². The van der Waals surface area contributed by atoms with Gasteiger partial charge in [0.25, 0.3) is 5.69 Å². The summed E-state index contributed by atoms with van der Waals surface area (Å²) in [4.78, 5) is 24.0. The molecule has 9 heteroatoms. The summed E-state index contributed by atoms with van der Waals surface area (Å²) >= 11 is 7.11. The van der Waals surface area contributed by atoms with Crippen LogP contribution >= 0.6 is 23.4 Å². The highest BCUT2D eigenvalue weighted by molar-refractivity contribution is 7.99. The van der Waals surface area contributed by atoms with Crippen molar-refractivity contribution >= 4 is 41.2 Å². The molecule has 0 aliphatic carbocycles. The van der Waals surface area contributed by atoms with Crippen LogP contribution in [0.25, 0.3) is 0 Å². The maximum Gasteiger partial charge on any atom is 0.307 e. The first-order chi connectivity index (χ1) is 13.0. The quantitative estimate of drug-likeness (QED) is 0.365. The maximum atomic E-state index is 11.7. The molecule has 3 aromatic rings. The molecule has 7 nitrogen and oxygen atoms in total. The van der Waals surface area contributed by atoms with Crippen LogP contribution in [0.15, 0.2) is 80.2 Å². The van der Waals surface area contributed by atoms with E-state index in [-0.39, 0.29) is 11.4 Å². The van der Waals surface area contributed by atoms with Crippen molar-refractivity contribution in [3.8, 4) is 0 Å². The van der Waals surface area contributed by atoms with E-state index in [1.165, 1.54) is 36.4 Å². The summed E-state index contributed by atoms with van der Waals surface area (Å²) in [5, 5.41) is 15.8. The van der Waals surface area contributed by atoms with Crippen molar-refractivity contribution in [1.29, 1.82) is 0 Å². The van der Waals surface area contributed by atoms with Gasteiger partial charge in [-0.2, -0.15) is 5.10 Å². The first-order valence-electron chi connectivity index (χ1n) is 7.62. The number of hydrazone groups is 1. The predicted molar refractivity (Wildman–Crippen MR) is 102 cm³/mol. The standard InChI is InChI=1S/C18H12ClN3O4S/c19-13-4-6-14(7-5-13)27-17-8-3-12(10-15(17)22(24)25)11-20-21-18(23)16-2-1-9-26-16/h1-11H,(H,21,23). The minimum Gasteiger partial charge on any atom is -0.459 e. The van der Waals surface area contributed by atoms with E-state index in [4.69, 9.17) is 16.0 Å². The summed E-state index contributed by atoms with van der Waals surface area (Å²) in [6.07, 6.45) is 2.70. The molecule has 0 atom stereocenters. The lowest BCUT2D eigenvalue weighted by atomic mass is 10.2. The summed E-state index contributed by atoms with van der Waals surface area (Å²) in [5.41, 5.74) is 2.71. The summed E-state index contributed by atoms with van der Waals surface area (Å²) in [6, 6.07) is 14.8. The van der Waals surface area contributed by atoms with E-state index in [2.05, 4.69) is 10.5 Å². The van der Waals surface area contributed by atoms with Gasteiger partial charge in [-0.05, 0) is 42.5 Å². The van der Waals surface area contributed by atoms with Gasteiger partial charge in [0, 0.05) is 21.5 Å². The summed E-state index contributed by atoms with van der Waals surface area (Å²) in [6.45, 7) is 0. The van der Waals surface area contributed by atoms with Crippen molar-refractivity contribution < 1.29 is 14.1 Å². The molecule has 27 heavy (non-hydrogen) atoms. The highest BCUT2D eigenvalue weighted by Crippen LogP contribution is 2.35. The molecule has 1 heterocycles. The van der Waals surface area contributed by atoms with Crippen LogP contribution in [0.5, 0.6) is 0 Å². The monoisotopic (exact) mass is 401 g/mol. The molecule has 1 aromatic heterocycles. The molecule has 0 saturated heterocycles. The smallest absolute Gasteiger partial charge is 0.307 e. The second kappa shape index (κ2) is 8.52. The minimum atomic E-state index is -0.513. The van der Waals surface area contributed by atoms with Gasteiger partial charge in [-0.3, -0.25) is 14.9 Å². The minimum absolute atomic E-state index is 0.0590. The molecule has 2 aromatic carbocycles. The Morgan fingerprint density at radius 3 is 2.67 bits per heavy atom. The third-order valence-electron chi connectivity index (χ3n) is 3.35. The lowest BCUT2D eigenvalue weighted by Gasteiger charge is -2.04. The zero-order valence-corrected chi connectivity index (χ0v) is 15.2. The van der Waals surface area contributed by atoms with Gasteiger partial charge >= 0.3 is 5.91 Å². The largest absolute Gasteiger partial charge is 0.459 e. The van der Waals surface area contributed by atoms with Gasteiger partial charge in [0.15, 0.2) is 5.76 Å². The highest BCUT2D eigenvalue weighted by Gasteiger charge is 2.15. The SMILES string of the molecule is O=C(NN=Cc1ccc(Sc2ccc(Cl)cc2)c([N+](=O)[O-])c1)c1ccco1. The van der Waals surface area contributed by atoms with E-state index in [1.807, 2.05) is 0 Å². The van der Waals surface area contributed by atoms with Gasteiger partial charge in [0.1, 0.15) is 0 Å². The van der Waals surface area contributed by atoms with Gasteiger partial charge in [-0.1, -0.05) is 29.4 Å². The van der Waals surface area contributed by atoms with Crippen LogP contribution in [-0.4, -0.2) is 17.0 Å². The Hall–Kier alpha value is -3.10. The van der Waals surface area contributed by atoms with Gasteiger partial charge in [-0.15, -0.1) is 0 Å². The van der Waals surface area contributed by atoms with Crippen molar-refractivity contribution in [2.24, 2.45) is 5.10 Å². The molecule has 0 saturated carbocycles. The second-order valence-corrected chi connectivity index (χ2v) is 6.77. The normalized spacial score (nSPS) is 10.9. The number of halogens is 1. The zero-order valence-electron chi connectivity index (χ0n) is 13.7. The molecule has 0 fully saturated rings. The van der Waals surface area contributed by atoms with Crippen LogP contribution in [0, 0.1) is 10.1 Å². The van der Waals surface area contributed by atoms with E-state index in [9.17, 15) is 14.9 Å². The number of hydrogen-bond acceptors (Lipinski definition) is 6. The van der Waals surface area contributed by atoms with Crippen LogP contribution in [0.2, 0.25) is 5.02 Å². The second-order valence-electron chi connectivity index (χ2n) is 5.22. The van der Waals surface area contributed by atoms with Crippen molar-refractivity contribution in [2.75, 3.05) is 0 Å². The summed E-state index contributed by atoms with van der Waals surface area (Å²) in [5.74, 6) is -0.395. The third-order valence-corrected chi connectivity index (χ3v) is 4.67. The number of nitrogens with one attached hydrogen (secondary N) is 1. The number of nitro groups is 1. The molecule has 0 unspecified atom stereocenters. The van der Waals surface area contributed by atoms with Crippen molar-refractivity contribution in [3.05, 3.63) is 87.3 Å². The Morgan fingerprint density at radius 2 is 2.00 bits per heavy atom. The average Bonchev–Trinajstić information content (AvgIpc) is 3.19. The number of hydrogen-bond donors (Lipinski definition) is 1. The van der Waals surface area contributed by atoms with E-state index in [0.717, 1.165) is 4.90 Å². The number of furan rings is 1. The predicted octanol–water partition coefficient (Wildman–Crippen LogP) is 4.76. The van der Waals surface area contributed by atoms with Gasteiger partial charge in [-0.25, -0.2) is 5.43 Å². The third kappa shape index (κ3) is 4.96. The first kappa shape index (κ1) is 18.7. The van der Waals surface area contributed by atoms with Crippen LogP contribution in [-0.2, 0) is 0 Å². The molecular weight excluding hydrogens is 390 g/mol. The maximum absolute atomic E-state index is 11.7. The fourth-order valence-corrected chi connectivity index (χ4v) is 3.13. The molecule has 1 amide bonds. The van der Waals surface area contributed by atoms with Crippen molar-refractivity contribution in [2.45, 2.75) is 9.79 Å². The average molecular weight is 402 g/mol. The number of nitrogens with zero attached hydrogens (tertiary/aromatic N) is 2. The summed E-state index contributed by atoms with van der Waals surface area (Å²) < 4.78 is 4.94. The highest BCUT2D eigenvalue weighted by atomic mass is 35.5. The molecular formula is C18H12ClN3O4S. The number of nitro benzene ring substituents is 1. The van der Waals surface area contributed by atoms with Crippen LogP contribution in [0.3, 0.4) is 0 Å². The Bertz CT molecular complexity index is 988. The van der Waals surface area contributed by atoms with Crippen LogP contribution in [0.1, 0.15) is 16.1 Å². The fourth-order valence-electron chi connectivity index (χ4n) is 2.10. The van der Waals surface area contributed by atoms with E-state index in [0.29, 0.717) is 15.5 Å². The lowest BCUT2D eigenvalue weighted by Crippen LogP contribution is -2.16. The van der Waals surface area contributed by atoms with Gasteiger partial charge in [0.05, 0.1) is 22.3 Å². The van der Waals surface area contributed by atoms with Gasteiger partial charge in [0.2, 0.25) is 0 Å². The number of carbonyl (C=O) groups excluding carboxylic acids is 1. The Kier molecular flexibility index (Phi) is 5.90. The van der Waals surface area contributed by atoms with Crippen molar-refractivity contribution in [1.82, 2.24) is 5.43 Å². The van der Waals surface area contributed by atoms with Crippen LogP contribution < -0.4 is 5.43 Å².